The van der Waals surface area contributed by atoms with Crippen molar-refractivity contribution in [2.24, 2.45) is 5.92 Å². The Labute approximate surface area is 211 Å². The molecule has 0 spiro atoms. The molecule has 0 radical (unpaired) electrons. The Morgan fingerprint density at radius 1 is 1.06 bits per heavy atom. The van der Waals surface area contributed by atoms with Crippen LogP contribution in [0.25, 0.3) is 10.8 Å². The van der Waals surface area contributed by atoms with Gasteiger partial charge in [-0.1, -0.05) is 5.92 Å². The summed E-state index contributed by atoms with van der Waals surface area (Å²) in [5.74, 6) is 7.75. The first kappa shape index (κ1) is 24.0. The van der Waals surface area contributed by atoms with Crippen LogP contribution in [0.5, 0.6) is 0 Å². The first-order chi connectivity index (χ1) is 17.5. The number of likely N-dealkylation sites (N-methyl/N-ethyl adjacent to an activating group) is 1. The van der Waals surface area contributed by atoms with E-state index in [9.17, 15) is 4.79 Å². The lowest BCUT2D eigenvalue weighted by molar-refractivity contribution is -0.117. The van der Waals surface area contributed by atoms with Crippen LogP contribution in [-0.2, 0) is 9.53 Å². The smallest absolute Gasteiger partial charge is 0.228 e. The molecule has 2 N–H and O–H groups in total. The highest BCUT2D eigenvalue weighted by atomic mass is 16.5. The van der Waals surface area contributed by atoms with Crippen LogP contribution in [0.2, 0.25) is 0 Å². The molecule has 36 heavy (non-hydrogen) atoms. The van der Waals surface area contributed by atoms with Crippen molar-refractivity contribution in [1.82, 2.24) is 19.9 Å². The van der Waals surface area contributed by atoms with E-state index in [-0.39, 0.29) is 17.9 Å². The lowest BCUT2D eigenvalue weighted by Gasteiger charge is -2.24. The SMILES string of the molecule is CNc1ncc(C#Cc2ccc(N3CCN(C)CC(OC)C3)cn2)c2cc(NC(=O)C3CC3)ncc12. The average molecular weight is 486 g/mol. The number of aromatic nitrogens is 3. The maximum absolute atomic E-state index is 12.2. The van der Waals surface area contributed by atoms with E-state index in [1.165, 1.54) is 0 Å². The summed E-state index contributed by atoms with van der Waals surface area (Å²) < 4.78 is 5.64. The van der Waals surface area contributed by atoms with Gasteiger partial charge in [0.1, 0.15) is 17.3 Å². The lowest BCUT2D eigenvalue weighted by Crippen LogP contribution is -2.34. The van der Waals surface area contributed by atoms with E-state index >= 15 is 0 Å². The van der Waals surface area contributed by atoms with Crippen LogP contribution in [0.3, 0.4) is 0 Å². The van der Waals surface area contributed by atoms with Gasteiger partial charge in [-0.05, 0) is 44.0 Å². The maximum Gasteiger partial charge on any atom is 0.228 e. The van der Waals surface area contributed by atoms with Crippen molar-refractivity contribution < 1.29 is 9.53 Å². The Balaban J connectivity index is 1.39. The summed E-state index contributed by atoms with van der Waals surface area (Å²) >= 11 is 0. The van der Waals surface area contributed by atoms with E-state index in [2.05, 4.69) is 60.3 Å². The Bertz CT molecular complexity index is 1310. The van der Waals surface area contributed by atoms with Gasteiger partial charge in [0.05, 0.1) is 23.6 Å². The molecule has 1 atom stereocenters. The molecule has 3 aromatic rings. The van der Waals surface area contributed by atoms with Gasteiger partial charge >= 0.3 is 0 Å². The molecule has 1 aliphatic carbocycles. The van der Waals surface area contributed by atoms with Crippen molar-refractivity contribution in [3.63, 3.8) is 0 Å². The monoisotopic (exact) mass is 485 g/mol. The average Bonchev–Trinajstić information content (AvgIpc) is 3.76. The predicted molar refractivity (Wildman–Crippen MR) is 141 cm³/mol. The van der Waals surface area contributed by atoms with Crippen LogP contribution < -0.4 is 15.5 Å². The van der Waals surface area contributed by atoms with Gasteiger partial charge in [0.25, 0.3) is 0 Å². The largest absolute Gasteiger partial charge is 0.378 e. The zero-order chi connectivity index (χ0) is 25.1. The zero-order valence-electron chi connectivity index (χ0n) is 20.9. The fourth-order valence-corrected chi connectivity index (χ4v) is 4.36. The molecular formula is C27H31N7O2. The van der Waals surface area contributed by atoms with Gasteiger partial charge in [-0.15, -0.1) is 0 Å². The quantitative estimate of drug-likeness (QED) is 0.533. The number of carbonyl (C=O) groups excluding carboxylic acids is 1. The van der Waals surface area contributed by atoms with E-state index in [0.29, 0.717) is 17.3 Å². The van der Waals surface area contributed by atoms with Crippen LogP contribution in [0.1, 0.15) is 24.1 Å². The number of hydrogen-bond acceptors (Lipinski definition) is 8. The Morgan fingerprint density at radius 2 is 1.92 bits per heavy atom. The highest BCUT2D eigenvalue weighted by Crippen LogP contribution is 2.31. The van der Waals surface area contributed by atoms with Crippen molar-refractivity contribution in [1.29, 1.82) is 0 Å². The van der Waals surface area contributed by atoms with Crippen molar-refractivity contribution in [2.75, 3.05) is 62.9 Å². The second-order valence-electron chi connectivity index (χ2n) is 9.37. The molecule has 1 saturated heterocycles. The van der Waals surface area contributed by atoms with E-state index in [4.69, 9.17) is 4.74 Å². The van der Waals surface area contributed by atoms with Crippen molar-refractivity contribution in [3.05, 3.63) is 48.0 Å². The third-order valence-corrected chi connectivity index (χ3v) is 6.67. The molecule has 2 fully saturated rings. The van der Waals surface area contributed by atoms with Gasteiger partial charge in [0.2, 0.25) is 5.91 Å². The van der Waals surface area contributed by atoms with Gasteiger partial charge < -0.3 is 25.2 Å². The van der Waals surface area contributed by atoms with Crippen molar-refractivity contribution >= 4 is 34.0 Å². The molecule has 1 saturated carbocycles. The summed E-state index contributed by atoms with van der Waals surface area (Å²) in [7, 11) is 5.70. The molecule has 1 unspecified atom stereocenters. The number of pyridine rings is 3. The summed E-state index contributed by atoms with van der Waals surface area (Å²) in [6.45, 7) is 3.64. The third-order valence-electron chi connectivity index (χ3n) is 6.67. The molecular weight excluding hydrogens is 454 g/mol. The van der Waals surface area contributed by atoms with E-state index in [1.54, 1.807) is 19.5 Å². The molecule has 0 aromatic carbocycles. The number of anilines is 3. The second-order valence-corrected chi connectivity index (χ2v) is 9.37. The van der Waals surface area contributed by atoms with Crippen molar-refractivity contribution in [2.45, 2.75) is 18.9 Å². The van der Waals surface area contributed by atoms with Gasteiger partial charge in [0.15, 0.2) is 0 Å². The van der Waals surface area contributed by atoms with Gasteiger partial charge in [-0.2, -0.15) is 0 Å². The number of fused-ring (bicyclic) bond motifs is 1. The van der Waals surface area contributed by atoms with Crippen LogP contribution in [0.15, 0.2) is 36.8 Å². The normalized spacial score (nSPS) is 18.3. The molecule has 9 nitrogen and oxygen atoms in total. The molecule has 1 amide bonds. The zero-order valence-corrected chi connectivity index (χ0v) is 20.9. The maximum atomic E-state index is 12.2. The first-order valence-electron chi connectivity index (χ1n) is 12.3. The number of rotatable bonds is 5. The number of nitrogens with zero attached hydrogens (tertiary/aromatic N) is 5. The predicted octanol–water partition coefficient (Wildman–Crippen LogP) is 2.58. The molecule has 1 aliphatic heterocycles. The highest BCUT2D eigenvalue weighted by Gasteiger charge is 2.29. The fourth-order valence-electron chi connectivity index (χ4n) is 4.36. The van der Waals surface area contributed by atoms with Crippen LogP contribution >= 0.6 is 0 Å². The Hall–Kier alpha value is -3.74. The van der Waals surface area contributed by atoms with Crippen molar-refractivity contribution in [3.8, 4) is 11.8 Å². The van der Waals surface area contributed by atoms with E-state index in [0.717, 1.165) is 61.0 Å². The van der Waals surface area contributed by atoms with E-state index in [1.807, 2.05) is 25.4 Å². The van der Waals surface area contributed by atoms with Gasteiger partial charge in [0, 0.05) is 69.4 Å². The Morgan fingerprint density at radius 3 is 2.64 bits per heavy atom. The van der Waals surface area contributed by atoms with Gasteiger partial charge in [-0.25, -0.2) is 15.0 Å². The molecule has 186 valence electrons. The van der Waals surface area contributed by atoms with Crippen LogP contribution in [0, 0.1) is 17.8 Å². The third kappa shape index (κ3) is 5.40. The highest BCUT2D eigenvalue weighted by molar-refractivity contribution is 5.99. The second kappa shape index (κ2) is 10.5. The van der Waals surface area contributed by atoms with Crippen LogP contribution in [-0.4, -0.2) is 79.2 Å². The number of carbonyl (C=O) groups is 1. The van der Waals surface area contributed by atoms with E-state index < -0.39 is 0 Å². The Kier molecular flexibility index (Phi) is 6.98. The number of amides is 1. The van der Waals surface area contributed by atoms with Crippen LogP contribution in [0.4, 0.5) is 17.3 Å². The molecule has 3 aromatic heterocycles. The van der Waals surface area contributed by atoms with Gasteiger partial charge in [-0.3, -0.25) is 4.79 Å². The summed E-state index contributed by atoms with van der Waals surface area (Å²) in [6.07, 6.45) is 7.38. The minimum absolute atomic E-state index is 0.0227. The first-order valence-corrected chi connectivity index (χ1v) is 12.3. The molecule has 0 bridgehead atoms. The summed E-state index contributed by atoms with van der Waals surface area (Å²) in [4.78, 5) is 30.3. The standard InChI is InChI=1S/C27H31N7O2/c1-28-26-24-15-30-25(32-27(35)18-4-5-18)12-23(24)19(13-31-26)6-7-20-8-9-21(14-29-20)34-11-10-33(2)16-22(17-34)36-3/h8-9,12-15,18,22H,4-5,10-11,16-17H2,1-3H3,(H,28,31)(H,30,32,35). The minimum atomic E-state index is 0.0227. The molecule has 5 rings (SSSR count). The molecule has 9 heteroatoms. The topological polar surface area (TPSA) is 95.5 Å². The lowest BCUT2D eigenvalue weighted by atomic mass is 10.1. The summed E-state index contributed by atoms with van der Waals surface area (Å²) in [5, 5.41) is 7.73. The number of methoxy groups -OCH3 is 1. The summed E-state index contributed by atoms with van der Waals surface area (Å²) in [5.41, 5.74) is 2.49. The summed E-state index contributed by atoms with van der Waals surface area (Å²) in [6, 6.07) is 5.87. The number of ether oxygens (including phenoxy) is 1. The molecule has 2 aliphatic rings. The number of nitrogens with one attached hydrogen (secondary N) is 2. The molecule has 4 heterocycles. The minimum Gasteiger partial charge on any atom is -0.378 e. The fraction of sp³-hybridized carbons (Fsp3) is 0.407. The number of hydrogen-bond donors (Lipinski definition) is 2.